The van der Waals surface area contributed by atoms with Crippen molar-refractivity contribution in [3.63, 3.8) is 0 Å². The first-order valence-corrected chi connectivity index (χ1v) is 15.8. The SMILES string of the molecule is N#Cc1cccc(-c2ccc(-c3ccc4c(-c5ccc(-c6nc(-c7ccccc7)nc(-c7ccccc7)n6)cc5)cccc4c3)cc2)c1. The molecule has 0 saturated carbocycles. The molecule has 0 radical (unpaired) electrons. The minimum atomic E-state index is 0.639. The number of benzene rings is 7. The van der Waals surface area contributed by atoms with E-state index in [0.717, 1.165) is 44.5 Å². The molecule has 4 heteroatoms. The highest BCUT2D eigenvalue weighted by Gasteiger charge is 2.13. The number of fused-ring (bicyclic) bond motifs is 1. The van der Waals surface area contributed by atoms with Gasteiger partial charge in [-0.15, -0.1) is 0 Å². The molecule has 8 rings (SSSR count). The standard InChI is InChI=1S/C44H28N4/c45-29-30-9-7-14-37(27-30)31-17-19-32(20-18-31)38-25-26-41-39(28-38)15-8-16-40(41)33-21-23-36(24-22-33)44-47-42(34-10-3-1-4-11-34)46-43(48-44)35-12-5-2-6-13-35/h1-28H. The molecule has 1 heterocycles. The number of rotatable bonds is 6. The Kier molecular flexibility index (Phi) is 7.54. The molecule has 0 aliphatic heterocycles. The van der Waals surface area contributed by atoms with Crippen molar-refractivity contribution in [2.75, 3.05) is 0 Å². The van der Waals surface area contributed by atoms with Gasteiger partial charge in [-0.25, -0.2) is 15.0 Å². The molecule has 224 valence electrons. The van der Waals surface area contributed by atoms with E-state index < -0.39 is 0 Å². The van der Waals surface area contributed by atoms with E-state index in [1.807, 2.05) is 84.9 Å². The molecule has 0 spiro atoms. The van der Waals surface area contributed by atoms with E-state index in [4.69, 9.17) is 15.0 Å². The van der Waals surface area contributed by atoms with Crippen molar-refractivity contribution in [1.29, 1.82) is 5.26 Å². The van der Waals surface area contributed by atoms with Crippen LogP contribution in [0.4, 0.5) is 0 Å². The minimum Gasteiger partial charge on any atom is -0.208 e. The lowest BCUT2D eigenvalue weighted by Crippen LogP contribution is -2.00. The Hall–Kier alpha value is -6.70. The average molecular weight is 613 g/mol. The summed E-state index contributed by atoms with van der Waals surface area (Å²) in [5.74, 6) is 1.94. The van der Waals surface area contributed by atoms with Crippen LogP contribution in [0.2, 0.25) is 0 Å². The van der Waals surface area contributed by atoms with Gasteiger partial charge in [-0.05, 0) is 62.4 Å². The lowest BCUT2D eigenvalue weighted by Gasteiger charge is -2.11. The van der Waals surface area contributed by atoms with Gasteiger partial charge in [-0.2, -0.15) is 5.26 Å². The first-order chi connectivity index (χ1) is 23.7. The van der Waals surface area contributed by atoms with E-state index in [1.54, 1.807) is 0 Å². The molecule has 0 aliphatic carbocycles. The first-order valence-electron chi connectivity index (χ1n) is 15.8. The van der Waals surface area contributed by atoms with Gasteiger partial charge >= 0.3 is 0 Å². The Morgan fingerprint density at radius 1 is 0.354 bits per heavy atom. The Bertz CT molecular complexity index is 2370. The molecule has 8 aromatic rings. The summed E-state index contributed by atoms with van der Waals surface area (Å²) in [5.41, 5.74) is 10.2. The summed E-state index contributed by atoms with van der Waals surface area (Å²) in [6.45, 7) is 0. The lowest BCUT2D eigenvalue weighted by atomic mass is 9.94. The molecule has 0 saturated heterocycles. The number of hydrogen-bond donors (Lipinski definition) is 0. The quantitative estimate of drug-likeness (QED) is 0.187. The maximum Gasteiger partial charge on any atom is 0.164 e. The molecule has 0 fully saturated rings. The number of hydrogen-bond acceptors (Lipinski definition) is 4. The molecule has 48 heavy (non-hydrogen) atoms. The predicted octanol–water partition coefficient (Wildman–Crippen LogP) is 10.9. The van der Waals surface area contributed by atoms with Gasteiger partial charge in [0.2, 0.25) is 0 Å². The highest BCUT2D eigenvalue weighted by atomic mass is 15.0. The zero-order valence-electron chi connectivity index (χ0n) is 26.0. The third kappa shape index (κ3) is 5.73. The molecule has 0 aliphatic rings. The average Bonchev–Trinajstić information content (AvgIpc) is 3.18. The van der Waals surface area contributed by atoms with E-state index >= 15 is 0 Å². The summed E-state index contributed by atoms with van der Waals surface area (Å²) in [6.07, 6.45) is 0. The summed E-state index contributed by atoms with van der Waals surface area (Å²) in [7, 11) is 0. The van der Waals surface area contributed by atoms with Crippen LogP contribution in [-0.4, -0.2) is 15.0 Å². The van der Waals surface area contributed by atoms with Crippen LogP contribution in [0.5, 0.6) is 0 Å². The normalized spacial score (nSPS) is 10.9. The molecule has 0 atom stereocenters. The smallest absolute Gasteiger partial charge is 0.164 e. The Morgan fingerprint density at radius 3 is 1.40 bits per heavy atom. The molecular weight excluding hydrogens is 585 g/mol. The van der Waals surface area contributed by atoms with E-state index in [-0.39, 0.29) is 0 Å². The highest BCUT2D eigenvalue weighted by molar-refractivity contribution is 5.99. The van der Waals surface area contributed by atoms with Crippen LogP contribution in [0.25, 0.3) is 78.3 Å². The van der Waals surface area contributed by atoms with E-state index in [0.29, 0.717) is 23.0 Å². The predicted molar refractivity (Wildman–Crippen MR) is 195 cm³/mol. The van der Waals surface area contributed by atoms with Crippen molar-refractivity contribution in [3.05, 3.63) is 175 Å². The fourth-order valence-electron chi connectivity index (χ4n) is 6.07. The van der Waals surface area contributed by atoms with Crippen molar-refractivity contribution in [2.45, 2.75) is 0 Å². The van der Waals surface area contributed by atoms with E-state index in [2.05, 4.69) is 91.0 Å². The lowest BCUT2D eigenvalue weighted by molar-refractivity contribution is 1.07. The Labute approximate surface area is 279 Å². The Morgan fingerprint density at radius 2 is 0.812 bits per heavy atom. The zero-order chi connectivity index (χ0) is 32.3. The third-order valence-corrected chi connectivity index (χ3v) is 8.58. The highest BCUT2D eigenvalue weighted by Crippen LogP contribution is 2.34. The van der Waals surface area contributed by atoms with Crippen LogP contribution in [0.15, 0.2) is 170 Å². The van der Waals surface area contributed by atoms with Crippen LogP contribution in [0, 0.1) is 11.3 Å². The second-order valence-electron chi connectivity index (χ2n) is 11.6. The number of nitriles is 1. The fourth-order valence-corrected chi connectivity index (χ4v) is 6.07. The van der Waals surface area contributed by atoms with E-state index in [1.165, 1.54) is 16.3 Å². The van der Waals surface area contributed by atoms with Gasteiger partial charge in [0.05, 0.1) is 11.6 Å². The van der Waals surface area contributed by atoms with Gasteiger partial charge in [-0.3, -0.25) is 0 Å². The van der Waals surface area contributed by atoms with Crippen LogP contribution in [0.3, 0.4) is 0 Å². The summed E-state index contributed by atoms with van der Waals surface area (Å²) >= 11 is 0. The molecule has 1 aromatic heterocycles. The first kappa shape index (κ1) is 28.8. The second-order valence-corrected chi connectivity index (χ2v) is 11.6. The molecule has 0 unspecified atom stereocenters. The van der Waals surface area contributed by atoms with Gasteiger partial charge in [0.1, 0.15) is 0 Å². The van der Waals surface area contributed by atoms with Crippen LogP contribution in [-0.2, 0) is 0 Å². The summed E-state index contributed by atoms with van der Waals surface area (Å²) in [5, 5.41) is 11.6. The summed E-state index contributed by atoms with van der Waals surface area (Å²) in [6, 6.07) is 60.1. The maximum atomic E-state index is 9.27. The maximum absolute atomic E-state index is 9.27. The molecule has 0 bridgehead atoms. The fraction of sp³-hybridized carbons (Fsp3) is 0. The zero-order valence-corrected chi connectivity index (χ0v) is 26.0. The third-order valence-electron chi connectivity index (χ3n) is 8.58. The van der Waals surface area contributed by atoms with Crippen molar-refractivity contribution in [3.8, 4) is 73.6 Å². The number of nitrogens with zero attached hydrogens (tertiary/aromatic N) is 4. The van der Waals surface area contributed by atoms with Crippen molar-refractivity contribution < 1.29 is 0 Å². The van der Waals surface area contributed by atoms with Crippen LogP contribution < -0.4 is 0 Å². The van der Waals surface area contributed by atoms with Gasteiger partial charge in [-0.1, -0.05) is 152 Å². The molecule has 0 N–H and O–H groups in total. The molecule has 7 aromatic carbocycles. The van der Waals surface area contributed by atoms with Crippen molar-refractivity contribution in [1.82, 2.24) is 15.0 Å². The van der Waals surface area contributed by atoms with Crippen LogP contribution in [0.1, 0.15) is 5.56 Å². The molecular formula is C44H28N4. The second kappa shape index (κ2) is 12.6. The molecule has 4 nitrogen and oxygen atoms in total. The topological polar surface area (TPSA) is 62.5 Å². The minimum absolute atomic E-state index is 0.639. The van der Waals surface area contributed by atoms with Gasteiger partial charge in [0, 0.05) is 16.7 Å². The Balaban J connectivity index is 1.11. The van der Waals surface area contributed by atoms with Gasteiger partial charge < -0.3 is 0 Å². The van der Waals surface area contributed by atoms with Gasteiger partial charge in [0.25, 0.3) is 0 Å². The summed E-state index contributed by atoms with van der Waals surface area (Å²) < 4.78 is 0. The largest absolute Gasteiger partial charge is 0.208 e. The molecule has 0 amide bonds. The summed E-state index contributed by atoms with van der Waals surface area (Å²) in [4.78, 5) is 14.6. The van der Waals surface area contributed by atoms with Crippen molar-refractivity contribution >= 4 is 10.8 Å². The van der Waals surface area contributed by atoms with Gasteiger partial charge in [0.15, 0.2) is 17.5 Å². The van der Waals surface area contributed by atoms with E-state index in [9.17, 15) is 5.26 Å². The van der Waals surface area contributed by atoms with Crippen molar-refractivity contribution in [2.24, 2.45) is 0 Å². The number of aromatic nitrogens is 3. The van der Waals surface area contributed by atoms with Crippen LogP contribution >= 0.6 is 0 Å². The monoisotopic (exact) mass is 612 g/mol.